The van der Waals surface area contributed by atoms with Crippen molar-refractivity contribution in [2.24, 2.45) is 0 Å². The fourth-order valence-electron chi connectivity index (χ4n) is 1.00. The van der Waals surface area contributed by atoms with Crippen molar-refractivity contribution in [3.8, 4) is 0 Å². The van der Waals surface area contributed by atoms with Crippen molar-refractivity contribution in [2.45, 2.75) is 12.6 Å². The van der Waals surface area contributed by atoms with Gasteiger partial charge in [0.1, 0.15) is 5.70 Å². The van der Waals surface area contributed by atoms with Gasteiger partial charge in [0.2, 0.25) is 0 Å². The molecule has 0 aromatic carbocycles. The number of nitrogens with zero attached hydrogens (tertiary/aromatic N) is 1. The molecule has 1 aliphatic rings. The fraction of sp³-hybridized carbons (Fsp3) is 0.667. The molecule has 0 saturated heterocycles. The molecule has 0 radical (unpaired) electrons. The predicted octanol–water partition coefficient (Wildman–Crippen LogP) is 1.77. The first-order valence-electron chi connectivity index (χ1n) is 3.00. The highest BCUT2D eigenvalue weighted by Gasteiger charge is 2.37. The first-order valence-corrected chi connectivity index (χ1v) is 3.00. The van der Waals surface area contributed by atoms with Gasteiger partial charge in [-0.2, -0.15) is 13.2 Å². The van der Waals surface area contributed by atoms with E-state index in [0.717, 1.165) is 0 Å². The van der Waals surface area contributed by atoms with Crippen LogP contribution in [0.15, 0.2) is 11.8 Å². The zero-order chi connectivity index (χ0) is 7.78. The molecule has 1 rings (SSSR count). The topological polar surface area (TPSA) is 3.24 Å². The molecular formula is C6H8F3N. The summed E-state index contributed by atoms with van der Waals surface area (Å²) in [6.45, 7) is 0.481. The van der Waals surface area contributed by atoms with E-state index in [1.54, 1.807) is 0 Å². The maximum Gasteiger partial charge on any atom is 0.430 e. The molecule has 1 heterocycles. The second-order valence-corrected chi connectivity index (χ2v) is 2.30. The Morgan fingerprint density at radius 2 is 2.10 bits per heavy atom. The van der Waals surface area contributed by atoms with Crippen LogP contribution < -0.4 is 0 Å². The van der Waals surface area contributed by atoms with Crippen molar-refractivity contribution in [2.75, 3.05) is 13.6 Å². The van der Waals surface area contributed by atoms with E-state index in [1.807, 2.05) is 0 Å². The maximum absolute atomic E-state index is 11.9. The lowest BCUT2D eigenvalue weighted by molar-refractivity contribution is -0.107. The Labute approximate surface area is 57.1 Å². The molecule has 0 unspecified atom stereocenters. The molecule has 0 N–H and O–H groups in total. The molecule has 58 valence electrons. The van der Waals surface area contributed by atoms with Crippen molar-refractivity contribution in [3.63, 3.8) is 0 Å². The Hall–Kier alpha value is -0.670. The molecule has 0 fully saturated rings. The fourth-order valence-corrected chi connectivity index (χ4v) is 1.00. The summed E-state index contributed by atoms with van der Waals surface area (Å²) in [5.41, 5.74) is -0.507. The number of hydrogen-bond donors (Lipinski definition) is 0. The summed E-state index contributed by atoms with van der Waals surface area (Å²) in [4.78, 5) is 1.22. The van der Waals surface area contributed by atoms with E-state index in [4.69, 9.17) is 0 Å². The molecule has 10 heavy (non-hydrogen) atoms. The average Bonchev–Trinajstić information content (AvgIpc) is 2.11. The molecule has 1 nitrogen and oxygen atoms in total. The zero-order valence-corrected chi connectivity index (χ0v) is 5.57. The van der Waals surface area contributed by atoms with Gasteiger partial charge in [-0.05, 0) is 6.42 Å². The maximum atomic E-state index is 11.9. The number of rotatable bonds is 0. The molecule has 0 amide bonds. The minimum atomic E-state index is -4.16. The molecule has 0 aliphatic carbocycles. The monoisotopic (exact) mass is 151 g/mol. The largest absolute Gasteiger partial charge is 0.430 e. The Morgan fingerprint density at radius 3 is 2.30 bits per heavy atom. The van der Waals surface area contributed by atoms with Crippen molar-refractivity contribution < 1.29 is 13.2 Å². The molecule has 0 aromatic heterocycles. The van der Waals surface area contributed by atoms with Gasteiger partial charge in [0, 0.05) is 13.6 Å². The minimum absolute atomic E-state index is 0.481. The van der Waals surface area contributed by atoms with E-state index >= 15 is 0 Å². The summed E-state index contributed by atoms with van der Waals surface area (Å²) in [5.74, 6) is 0. The van der Waals surface area contributed by atoms with Crippen LogP contribution in [0.5, 0.6) is 0 Å². The van der Waals surface area contributed by atoms with E-state index in [1.165, 1.54) is 18.0 Å². The lowest BCUT2D eigenvalue weighted by Crippen LogP contribution is -2.24. The number of allylic oxidation sites excluding steroid dienone is 1. The van der Waals surface area contributed by atoms with Gasteiger partial charge >= 0.3 is 6.18 Å². The highest BCUT2D eigenvalue weighted by Crippen LogP contribution is 2.30. The van der Waals surface area contributed by atoms with Gasteiger partial charge in [-0.1, -0.05) is 6.08 Å². The number of halogens is 3. The molecule has 0 aromatic rings. The molecular weight excluding hydrogens is 143 g/mol. The molecule has 0 atom stereocenters. The van der Waals surface area contributed by atoms with Crippen LogP contribution in [0.2, 0.25) is 0 Å². The van der Waals surface area contributed by atoms with Gasteiger partial charge in [-0.3, -0.25) is 0 Å². The van der Waals surface area contributed by atoms with Gasteiger partial charge in [0.15, 0.2) is 0 Å². The summed E-state index contributed by atoms with van der Waals surface area (Å²) >= 11 is 0. The molecule has 0 bridgehead atoms. The van der Waals surface area contributed by atoms with Crippen molar-refractivity contribution in [3.05, 3.63) is 11.8 Å². The second kappa shape index (κ2) is 2.18. The first kappa shape index (κ1) is 7.44. The molecule has 1 aliphatic heterocycles. The third-order valence-corrected chi connectivity index (χ3v) is 1.50. The predicted molar refractivity (Wildman–Crippen MR) is 31.4 cm³/mol. The van der Waals surface area contributed by atoms with Gasteiger partial charge in [-0.25, -0.2) is 0 Å². The highest BCUT2D eigenvalue weighted by atomic mass is 19.4. The quantitative estimate of drug-likeness (QED) is 0.510. The van der Waals surface area contributed by atoms with Crippen LogP contribution in [0, 0.1) is 0 Å². The van der Waals surface area contributed by atoms with Crippen molar-refractivity contribution in [1.82, 2.24) is 4.90 Å². The number of hydrogen-bond acceptors (Lipinski definition) is 1. The smallest absolute Gasteiger partial charge is 0.371 e. The highest BCUT2D eigenvalue weighted by molar-refractivity contribution is 5.11. The third-order valence-electron chi connectivity index (χ3n) is 1.50. The SMILES string of the molecule is CN1CCC=C1C(F)(F)F. The summed E-state index contributed by atoms with van der Waals surface area (Å²) in [7, 11) is 1.45. The summed E-state index contributed by atoms with van der Waals surface area (Å²) in [6, 6.07) is 0. The van der Waals surface area contributed by atoms with E-state index in [9.17, 15) is 13.2 Å². The average molecular weight is 151 g/mol. The van der Waals surface area contributed by atoms with Crippen molar-refractivity contribution in [1.29, 1.82) is 0 Å². The molecule has 0 spiro atoms. The van der Waals surface area contributed by atoms with Crippen LogP contribution >= 0.6 is 0 Å². The van der Waals surface area contributed by atoms with Crippen molar-refractivity contribution >= 4 is 0 Å². The summed E-state index contributed by atoms with van der Waals surface area (Å²) in [6.07, 6.45) is -2.43. The van der Waals surface area contributed by atoms with Gasteiger partial charge < -0.3 is 4.90 Å². The molecule has 4 heteroatoms. The van der Waals surface area contributed by atoms with E-state index < -0.39 is 11.9 Å². The standard InChI is InChI=1S/C6H8F3N/c1-10-4-2-3-5(10)6(7,8)9/h3H,2,4H2,1H3. The number of alkyl halides is 3. The first-order chi connectivity index (χ1) is 4.52. The van der Waals surface area contributed by atoms with Crippen LogP contribution in [0.3, 0.4) is 0 Å². The molecule has 0 saturated carbocycles. The zero-order valence-electron chi connectivity index (χ0n) is 5.57. The summed E-state index contributed by atoms with van der Waals surface area (Å²) in [5, 5.41) is 0. The Kier molecular flexibility index (Phi) is 1.62. The second-order valence-electron chi connectivity index (χ2n) is 2.30. The minimum Gasteiger partial charge on any atom is -0.371 e. The van der Waals surface area contributed by atoms with Gasteiger partial charge in [0.25, 0.3) is 0 Å². The van der Waals surface area contributed by atoms with Gasteiger partial charge in [0.05, 0.1) is 0 Å². The van der Waals surface area contributed by atoms with Crippen LogP contribution in [0.25, 0.3) is 0 Å². The van der Waals surface area contributed by atoms with Gasteiger partial charge in [-0.15, -0.1) is 0 Å². The van der Waals surface area contributed by atoms with Crippen LogP contribution in [0.4, 0.5) is 13.2 Å². The Balaban J connectivity index is 2.72. The Morgan fingerprint density at radius 1 is 1.50 bits per heavy atom. The lowest BCUT2D eigenvalue weighted by Gasteiger charge is -2.17. The normalized spacial score (nSPS) is 19.6. The van der Waals surface area contributed by atoms with Crippen LogP contribution in [-0.2, 0) is 0 Å². The Bertz CT molecular complexity index is 159. The van der Waals surface area contributed by atoms with E-state index in [0.29, 0.717) is 13.0 Å². The third kappa shape index (κ3) is 1.25. The van der Waals surface area contributed by atoms with E-state index in [-0.39, 0.29) is 0 Å². The lowest BCUT2D eigenvalue weighted by atomic mass is 10.4. The summed E-state index contributed by atoms with van der Waals surface area (Å²) < 4.78 is 35.7. The van der Waals surface area contributed by atoms with Crippen LogP contribution in [-0.4, -0.2) is 24.7 Å². The van der Waals surface area contributed by atoms with E-state index in [2.05, 4.69) is 0 Å². The van der Waals surface area contributed by atoms with Crippen LogP contribution in [0.1, 0.15) is 6.42 Å².